The van der Waals surface area contributed by atoms with Crippen molar-refractivity contribution in [3.63, 3.8) is 0 Å². The van der Waals surface area contributed by atoms with Crippen LogP contribution in [0.25, 0.3) is 0 Å². The molecular weight excluding hydrogens is 363 g/mol. The molecule has 0 atom stereocenters. The molecule has 0 aliphatic carbocycles. The molecule has 0 aliphatic rings. The van der Waals surface area contributed by atoms with Gasteiger partial charge in [0.1, 0.15) is 18.1 Å². The third-order valence-electron chi connectivity index (χ3n) is 4.14. The Bertz CT molecular complexity index is 1040. The van der Waals surface area contributed by atoms with Gasteiger partial charge >= 0.3 is 5.91 Å². The largest absolute Gasteiger partial charge is 0.485 e. The van der Waals surface area contributed by atoms with Crippen molar-refractivity contribution in [3.05, 3.63) is 70.2 Å². The number of aryl methyl sites for hydroxylation is 4. The molecule has 0 spiro atoms. The van der Waals surface area contributed by atoms with E-state index in [1.54, 1.807) is 13.0 Å². The highest BCUT2D eigenvalue weighted by molar-refractivity contribution is 5.92. The number of amides is 1. The molecule has 7 nitrogen and oxygen atoms in total. The maximum atomic E-state index is 13.8. The van der Waals surface area contributed by atoms with Crippen molar-refractivity contribution in [2.45, 2.75) is 27.4 Å². The number of aromatic nitrogens is 2. The van der Waals surface area contributed by atoms with Crippen LogP contribution in [0.2, 0.25) is 0 Å². The number of nitrogens with zero attached hydrogens (tertiary/aromatic N) is 3. The van der Waals surface area contributed by atoms with Crippen molar-refractivity contribution in [2.75, 3.05) is 0 Å². The monoisotopic (exact) mass is 384 g/mol. The Kier molecular flexibility index (Phi) is 5.58. The molecule has 28 heavy (non-hydrogen) atoms. The van der Waals surface area contributed by atoms with E-state index in [2.05, 4.69) is 15.6 Å². The first-order valence-electron chi connectivity index (χ1n) is 8.66. The van der Waals surface area contributed by atoms with E-state index in [1.807, 2.05) is 32.0 Å². The second-order valence-corrected chi connectivity index (χ2v) is 6.44. The van der Waals surface area contributed by atoms with Crippen molar-refractivity contribution in [1.29, 1.82) is 0 Å². The van der Waals surface area contributed by atoms with Gasteiger partial charge in [0, 0.05) is 7.05 Å². The van der Waals surface area contributed by atoms with Gasteiger partial charge in [-0.15, -0.1) is 0 Å². The van der Waals surface area contributed by atoms with Gasteiger partial charge < -0.3 is 9.15 Å². The quantitative estimate of drug-likeness (QED) is 0.522. The van der Waals surface area contributed by atoms with Crippen LogP contribution in [0.3, 0.4) is 0 Å². The summed E-state index contributed by atoms with van der Waals surface area (Å²) in [5.41, 5.74) is 5.17. The molecule has 3 aromatic rings. The van der Waals surface area contributed by atoms with Gasteiger partial charge in [0.15, 0.2) is 5.76 Å². The Morgan fingerprint density at radius 3 is 2.79 bits per heavy atom. The van der Waals surface area contributed by atoms with E-state index in [0.29, 0.717) is 11.5 Å². The number of nitrogens with one attached hydrogen (secondary N) is 1. The molecule has 2 heterocycles. The highest BCUT2D eigenvalue weighted by Gasteiger charge is 2.13. The zero-order valence-electron chi connectivity index (χ0n) is 16.1. The van der Waals surface area contributed by atoms with E-state index in [1.165, 1.54) is 19.3 Å². The summed E-state index contributed by atoms with van der Waals surface area (Å²) in [6, 6.07) is 9.08. The van der Waals surface area contributed by atoms with Gasteiger partial charge in [0.25, 0.3) is 0 Å². The first-order valence-corrected chi connectivity index (χ1v) is 8.66. The van der Waals surface area contributed by atoms with Gasteiger partial charge in [-0.3, -0.25) is 4.79 Å². The van der Waals surface area contributed by atoms with Crippen LogP contribution in [0.4, 0.5) is 4.39 Å². The first kappa shape index (κ1) is 19.3. The molecule has 1 aromatic carbocycles. The molecule has 0 saturated heterocycles. The molecule has 1 N–H and O–H groups in total. The van der Waals surface area contributed by atoms with Gasteiger partial charge in [-0.1, -0.05) is 17.7 Å². The average Bonchev–Trinajstić information content (AvgIpc) is 3.21. The highest BCUT2D eigenvalue weighted by atomic mass is 19.1. The van der Waals surface area contributed by atoms with E-state index in [0.717, 1.165) is 21.6 Å². The lowest BCUT2D eigenvalue weighted by atomic mass is 10.1. The normalized spacial score (nSPS) is 11.2. The Hall–Kier alpha value is -3.42. The Labute approximate surface area is 161 Å². The molecule has 0 saturated carbocycles. The number of rotatable bonds is 6. The molecule has 0 fully saturated rings. The number of carbonyl (C=O) groups excluding carboxylic acids is 1. The van der Waals surface area contributed by atoms with Crippen LogP contribution in [-0.2, 0) is 13.7 Å². The predicted molar refractivity (Wildman–Crippen MR) is 102 cm³/mol. The minimum absolute atomic E-state index is 0.0831. The minimum Gasteiger partial charge on any atom is -0.485 e. The average molecular weight is 384 g/mol. The third kappa shape index (κ3) is 4.28. The van der Waals surface area contributed by atoms with Crippen LogP contribution in [0.1, 0.15) is 38.7 Å². The van der Waals surface area contributed by atoms with Crippen molar-refractivity contribution >= 4 is 12.1 Å². The van der Waals surface area contributed by atoms with Crippen LogP contribution in [0.5, 0.6) is 5.75 Å². The van der Waals surface area contributed by atoms with Crippen LogP contribution < -0.4 is 10.2 Å². The van der Waals surface area contributed by atoms with Gasteiger partial charge in [0.2, 0.25) is 5.95 Å². The smallest absolute Gasteiger partial charge is 0.307 e. The molecule has 0 unspecified atom stereocenters. The van der Waals surface area contributed by atoms with Gasteiger partial charge in [-0.25, -0.2) is 10.1 Å². The van der Waals surface area contributed by atoms with E-state index in [9.17, 15) is 9.18 Å². The van der Waals surface area contributed by atoms with Crippen molar-refractivity contribution in [2.24, 2.45) is 12.1 Å². The molecule has 2 aromatic heterocycles. The number of hydrazone groups is 1. The molecule has 3 rings (SSSR count). The molecule has 1 amide bonds. The zero-order chi connectivity index (χ0) is 20.3. The summed E-state index contributed by atoms with van der Waals surface area (Å²) in [6.45, 7) is 5.83. The Balaban J connectivity index is 1.58. The summed E-state index contributed by atoms with van der Waals surface area (Å²) in [6.07, 6.45) is 1.21. The van der Waals surface area contributed by atoms with E-state index in [-0.39, 0.29) is 17.9 Å². The number of hydrogen-bond donors (Lipinski definition) is 1. The summed E-state index contributed by atoms with van der Waals surface area (Å²) >= 11 is 0. The number of carbonyl (C=O) groups is 1. The van der Waals surface area contributed by atoms with Crippen LogP contribution >= 0.6 is 0 Å². The molecule has 8 heteroatoms. The molecule has 146 valence electrons. The first-order chi connectivity index (χ1) is 13.3. The Morgan fingerprint density at radius 1 is 1.32 bits per heavy atom. The van der Waals surface area contributed by atoms with Gasteiger partial charge in [0.05, 0.1) is 17.5 Å². The molecule has 0 bridgehead atoms. The lowest BCUT2D eigenvalue weighted by Crippen LogP contribution is -2.17. The number of ether oxygens (including phenoxy) is 1. The fourth-order valence-corrected chi connectivity index (χ4v) is 2.69. The highest BCUT2D eigenvalue weighted by Crippen LogP contribution is 2.20. The van der Waals surface area contributed by atoms with E-state index >= 15 is 0 Å². The summed E-state index contributed by atoms with van der Waals surface area (Å²) in [7, 11) is 1.49. The van der Waals surface area contributed by atoms with Crippen molar-refractivity contribution in [3.8, 4) is 5.75 Å². The Morgan fingerprint density at radius 2 is 2.11 bits per heavy atom. The van der Waals surface area contributed by atoms with E-state index < -0.39 is 11.9 Å². The lowest BCUT2D eigenvalue weighted by molar-refractivity contribution is 0.0923. The SMILES string of the molecule is Cc1ccc(OCc2ccc(C(=O)NN=Cc3c(C)nn(C)c3F)o2)c(C)c1. The summed E-state index contributed by atoms with van der Waals surface area (Å²) in [5.74, 6) is 0.268. The van der Waals surface area contributed by atoms with Crippen LogP contribution in [-0.4, -0.2) is 21.9 Å². The fourth-order valence-electron chi connectivity index (χ4n) is 2.69. The number of furan rings is 1. The maximum absolute atomic E-state index is 13.8. The van der Waals surface area contributed by atoms with Crippen molar-refractivity contribution < 1.29 is 18.3 Å². The third-order valence-corrected chi connectivity index (χ3v) is 4.14. The van der Waals surface area contributed by atoms with Crippen LogP contribution in [0, 0.1) is 26.7 Å². The second-order valence-electron chi connectivity index (χ2n) is 6.44. The fraction of sp³-hybridized carbons (Fsp3) is 0.250. The zero-order valence-corrected chi connectivity index (χ0v) is 16.1. The maximum Gasteiger partial charge on any atom is 0.307 e. The van der Waals surface area contributed by atoms with Crippen LogP contribution in [0.15, 0.2) is 39.9 Å². The summed E-state index contributed by atoms with van der Waals surface area (Å²) in [4.78, 5) is 12.1. The van der Waals surface area contributed by atoms with E-state index in [4.69, 9.17) is 9.15 Å². The number of hydrogen-bond acceptors (Lipinski definition) is 5. The molecular formula is C20H21FN4O3. The topological polar surface area (TPSA) is 81.6 Å². The second kappa shape index (κ2) is 8.08. The minimum atomic E-state index is -0.545. The standard InChI is InChI=1S/C20H21FN4O3/c1-12-5-7-17(13(2)9-12)27-11-15-6-8-18(28-15)20(26)23-22-10-16-14(3)24-25(4)19(16)21/h5-10H,11H2,1-4H3,(H,23,26). The summed E-state index contributed by atoms with van der Waals surface area (Å²) in [5, 5.41) is 7.70. The predicted octanol–water partition coefficient (Wildman–Crippen LogP) is 3.42. The number of benzene rings is 1. The number of halogens is 1. The molecule has 0 radical (unpaired) electrons. The van der Waals surface area contributed by atoms with Crippen molar-refractivity contribution in [1.82, 2.24) is 15.2 Å². The van der Waals surface area contributed by atoms with Gasteiger partial charge in [-0.2, -0.15) is 14.6 Å². The molecule has 0 aliphatic heterocycles. The lowest BCUT2D eigenvalue weighted by Gasteiger charge is -2.08. The summed E-state index contributed by atoms with van der Waals surface area (Å²) < 4.78 is 26.1. The van der Waals surface area contributed by atoms with Gasteiger partial charge in [-0.05, 0) is 44.5 Å².